The van der Waals surface area contributed by atoms with Crippen molar-refractivity contribution in [1.29, 1.82) is 0 Å². The van der Waals surface area contributed by atoms with E-state index < -0.39 is 17.8 Å². The molecule has 1 N–H and O–H groups in total. The van der Waals surface area contributed by atoms with Crippen molar-refractivity contribution in [2.24, 2.45) is 0 Å². The van der Waals surface area contributed by atoms with Crippen LogP contribution in [0.15, 0.2) is 5.51 Å². The Kier molecular flexibility index (Phi) is 5.20. The minimum Gasteiger partial charge on any atom is -0.369 e. The van der Waals surface area contributed by atoms with Gasteiger partial charge in [0.25, 0.3) is 0 Å². The van der Waals surface area contributed by atoms with Gasteiger partial charge in [0, 0.05) is 33.0 Å². The number of urea groups is 1. The molecule has 0 spiro atoms. The summed E-state index contributed by atoms with van der Waals surface area (Å²) in [5.41, 5.74) is -0.520. The Balaban J connectivity index is 2.00. The van der Waals surface area contributed by atoms with Gasteiger partial charge in [-0.15, -0.1) is 11.3 Å². The van der Waals surface area contributed by atoms with Crippen LogP contribution in [0.5, 0.6) is 0 Å². The van der Waals surface area contributed by atoms with Crippen molar-refractivity contribution >= 4 is 23.2 Å². The number of halogens is 3. The molecule has 2 amide bonds. The lowest BCUT2D eigenvalue weighted by Gasteiger charge is -2.41. The van der Waals surface area contributed by atoms with E-state index >= 15 is 0 Å². The van der Waals surface area contributed by atoms with Crippen molar-refractivity contribution in [2.45, 2.75) is 44.4 Å². The number of hydrogen-bond acceptors (Lipinski definition) is 4. The highest BCUT2D eigenvalue weighted by Crippen LogP contribution is 2.41. The molecule has 0 bridgehead atoms. The molecule has 1 saturated heterocycles. The van der Waals surface area contributed by atoms with Gasteiger partial charge in [-0.2, -0.15) is 13.2 Å². The highest BCUT2D eigenvalue weighted by atomic mass is 32.1. The average Bonchev–Trinajstić information content (AvgIpc) is 2.94. The van der Waals surface area contributed by atoms with Crippen LogP contribution in [-0.4, -0.2) is 47.9 Å². The van der Waals surface area contributed by atoms with Gasteiger partial charge in [0.1, 0.15) is 5.82 Å². The molecule has 0 aliphatic carbocycles. The smallest absolute Gasteiger partial charge is 0.369 e. The van der Waals surface area contributed by atoms with Crippen LogP contribution in [0.3, 0.4) is 0 Å². The summed E-state index contributed by atoms with van der Waals surface area (Å²) in [6.45, 7) is 3.95. The van der Waals surface area contributed by atoms with Crippen molar-refractivity contribution in [3.05, 3.63) is 10.4 Å². The molecule has 1 aliphatic heterocycles. The van der Waals surface area contributed by atoms with E-state index in [1.165, 1.54) is 16.2 Å². The maximum atomic E-state index is 13.1. The molecule has 0 radical (unpaired) electrons. The van der Waals surface area contributed by atoms with Gasteiger partial charge in [0.05, 0.1) is 10.4 Å². The number of carbonyl (C=O) groups excluding carboxylic acids is 1. The van der Waals surface area contributed by atoms with Gasteiger partial charge < -0.3 is 9.64 Å². The van der Waals surface area contributed by atoms with Gasteiger partial charge in [-0.1, -0.05) is 13.8 Å². The summed E-state index contributed by atoms with van der Waals surface area (Å²) in [6.07, 6.45) is -4.98. The second-order valence-corrected chi connectivity index (χ2v) is 6.72. The van der Waals surface area contributed by atoms with Gasteiger partial charge in [-0.3, -0.25) is 5.32 Å². The summed E-state index contributed by atoms with van der Waals surface area (Å²) in [4.78, 5) is 18.7. The maximum absolute atomic E-state index is 13.1. The zero-order valence-electron chi connectivity index (χ0n) is 13.2. The lowest BCUT2D eigenvalue weighted by atomic mass is 9.90. The average molecular weight is 351 g/mol. The third kappa shape index (κ3) is 3.60. The molecule has 2 heterocycles. The molecule has 2 rings (SSSR count). The zero-order chi connectivity index (χ0) is 17.3. The lowest BCUT2D eigenvalue weighted by Crippen LogP contribution is -2.56. The SMILES string of the molecule is COC1(C(F)(F)F)CCN(C(=O)Nc2ncsc2C(C)C)CC1. The van der Waals surface area contributed by atoms with E-state index in [-0.39, 0.29) is 31.8 Å². The molecule has 0 atom stereocenters. The molecule has 1 aromatic heterocycles. The van der Waals surface area contributed by atoms with Crippen molar-refractivity contribution < 1.29 is 22.7 Å². The Morgan fingerprint density at radius 1 is 1.43 bits per heavy atom. The Labute approximate surface area is 136 Å². The fraction of sp³-hybridized carbons (Fsp3) is 0.714. The highest BCUT2D eigenvalue weighted by Gasteiger charge is 2.56. The first-order chi connectivity index (χ1) is 10.7. The number of ether oxygens (including phenoxy) is 1. The second kappa shape index (κ2) is 6.64. The third-order valence-corrected chi connectivity index (χ3v) is 5.24. The Morgan fingerprint density at radius 2 is 2.04 bits per heavy atom. The van der Waals surface area contributed by atoms with E-state index in [1.807, 2.05) is 13.8 Å². The molecule has 1 fully saturated rings. The number of carbonyl (C=O) groups is 1. The first kappa shape index (κ1) is 18.0. The van der Waals surface area contributed by atoms with Crippen molar-refractivity contribution in [3.63, 3.8) is 0 Å². The number of nitrogens with zero attached hydrogens (tertiary/aromatic N) is 2. The third-order valence-electron chi connectivity index (χ3n) is 4.11. The first-order valence-electron chi connectivity index (χ1n) is 7.31. The van der Waals surface area contributed by atoms with Crippen molar-refractivity contribution in [1.82, 2.24) is 9.88 Å². The normalized spacial score (nSPS) is 18.3. The van der Waals surface area contributed by atoms with E-state index in [1.54, 1.807) is 5.51 Å². The number of anilines is 1. The first-order valence-corrected chi connectivity index (χ1v) is 8.19. The summed E-state index contributed by atoms with van der Waals surface area (Å²) < 4.78 is 44.1. The monoisotopic (exact) mass is 351 g/mol. The second-order valence-electron chi connectivity index (χ2n) is 5.83. The standard InChI is InChI=1S/C14H20F3N3O2S/c1-9(2)10-11(18-8-23-10)19-12(21)20-6-4-13(22-3,5-7-20)14(15,16)17/h8-9H,4-7H2,1-3H3,(H,19,21). The molecule has 0 aromatic carbocycles. The molecule has 130 valence electrons. The van der Waals surface area contributed by atoms with Crippen LogP contribution in [0.1, 0.15) is 37.5 Å². The zero-order valence-corrected chi connectivity index (χ0v) is 14.1. The van der Waals surface area contributed by atoms with E-state index in [9.17, 15) is 18.0 Å². The Hall–Kier alpha value is -1.35. The molecule has 0 saturated carbocycles. The molecular formula is C14H20F3N3O2S. The molecule has 23 heavy (non-hydrogen) atoms. The molecule has 5 nitrogen and oxygen atoms in total. The summed E-state index contributed by atoms with van der Waals surface area (Å²) in [7, 11) is 1.06. The summed E-state index contributed by atoms with van der Waals surface area (Å²) in [5, 5.41) is 2.69. The van der Waals surface area contributed by atoms with Gasteiger partial charge in [0.2, 0.25) is 0 Å². The minimum absolute atomic E-state index is 0.0136. The Bertz CT molecular complexity index is 552. The topological polar surface area (TPSA) is 54.5 Å². The van der Waals surface area contributed by atoms with Crippen LogP contribution in [0.4, 0.5) is 23.8 Å². The minimum atomic E-state index is -4.44. The number of aromatic nitrogens is 1. The van der Waals surface area contributed by atoms with E-state index in [0.29, 0.717) is 5.82 Å². The molecule has 1 aromatic rings. The van der Waals surface area contributed by atoms with Gasteiger partial charge in [-0.05, 0) is 5.92 Å². The largest absolute Gasteiger partial charge is 0.417 e. The van der Waals surface area contributed by atoms with Crippen LogP contribution >= 0.6 is 11.3 Å². The van der Waals surface area contributed by atoms with Crippen LogP contribution in [-0.2, 0) is 4.74 Å². The van der Waals surface area contributed by atoms with Gasteiger partial charge in [0.15, 0.2) is 5.60 Å². The van der Waals surface area contributed by atoms with Crippen LogP contribution in [0, 0.1) is 0 Å². The van der Waals surface area contributed by atoms with Crippen molar-refractivity contribution in [3.8, 4) is 0 Å². The fourth-order valence-electron chi connectivity index (χ4n) is 2.61. The van der Waals surface area contributed by atoms with E-state index in [4.69, 9.17) is 4.74 Å². The number of nitrogens with one attached hydrogen (secondary N) is 1. The summed E-state index contributed by atoms with van der Waals surface area (Å²) in [6, 6.07) is -0.426. The quantitative estimate of drug-likeness (QED) is 0.900. The summed E-state index contributed by atoms with van der Waals surface area (Å²) >= 11 is 1.44. The number of amides is 2. The lowest BCUT2D eigenvalue weighted by molar-refractivity contribution is -0.280. The van der Waals surface area contributed by atoms with E-state index in [2.05, 4.69) is 10.3 Å². The van der Waals surface area contributed by atoms with E-state index in [0.717, 1.165) is 12.0 Å². The number of hydrogen-bond donors (Lipinski definition) is 1. The number of alkyl halides is 3. The number of thiazole rings is 1. The van der Waals surface area contributed by atoms with Crippen LogP contribution in [0.25, 0.3) is 0 Å². The summed E-state index contributed by atoms with van der Waals surface area (Å²) in [5.74, 6) is 0.694. The predicted octanol–water partition coefficient (Wildman–Crippen LogP) is 3.84. The fourth-order valence-corrected chi connectivity index (χ4v) is 3.37. The maximum Gasteiger partial charge on any atom is 0.417 e. The van der Waals surface area contributed by atoms with Gasteiger partial charge in [-0.25, -0.2) is 9.78 Å². The van der Waals surface area contributed by atoms with Gasteiger partial charge >= 0.3 is 12.2 Å². The number of rotatable bonds is 3. The molecule has 1 aliphatic rings. The molecular weight excluding hydrogens is 331 g/mol. The number of likely N-dealkylation sites (tertiary alicyclic amines) is 1. The van der Waals surface area contributed by atoms with Crippen molar-refractivity contribution in [2.75, 3.05) is 25.5 Å². The van der Waals surface area contributed by atoms with Crippen LogP contribution < -0.4 is 5.32 Å². The molecule has 0 unspecified atom stereocenters. The highest BCUT2D eigenvalue weighted by molar-refractivity contribution is 7.10. The molecule has 9 heteroatoms. The predicted molar refractivity (Wildman–Crippen MR) is 81.8 cm³/mol. The van der Waals surface area contributed by atoms with Crippen LogP contribution in [0.2, 0.25) is 0 Å². The Morgan fingerprint density at radius 3 is 2.52 bits per heavy atom. The number of piperidine rings is 1. The number of methoxy groups -OCH3 is 1.